The number of nitrogens with one attached hydrogen (secondary N) is 1. The number of aromatic nitrogens is 2. The van der Waals surface area contributed by atoms with Gasteiger partial charge in [0.2, 0.25) is 0 Å². The molecule has 37 heavy (non-hydrogen) atoms. The van der Waals surface area contributed by atoms with Gasteiger partial charge in [-0.1, -0.05) is 36.4 Å². The third-order valence-electron chi connectivity index (χ3n) is 6.28. The summed E-state index contributed by atoms with van der Waals surface area (Å²) in [5.41, 5.74) is 2.61. The zero-order valence-electron chi connectivity index (χ0n) is 20.0. The summed E-state index contributed by atoms with van der Waals surface area (Å²) in [5, 5.41) is 14.3. The van der Waals surface area contributed by atoms with Crippen molar-refractivity contribution in [3.05, 3.63) is 88.9 Å². The molecule has 1 fully saturated rings. The van der Waals surface area contributed by atoms with Gasteiger partial charge in [-0.05, 0) is 49.1 Å². The maximum absolute atomic E-state index is 12.7. The number of hydrogen-bond donors (Lipinski definition) is 2. The lowest BCUT2D eigenvalue weighted by molar-refractivity contribution is 0.0696. The van der Waals surface area contributed by atoms with Gasteiger partial charge < -0.3 is 20.1 Å². The average molecular weight is 515 g/mol. The number of piperidine rings is 1. The lowest BCUT2D eigenvalue weighted by Gasteiger charge is -2.32. The Balaban J connectivity index is 1.10. The van der Waals surface area contributed by atoms with E-state index < -0.39 is 5.97 Å². The lowest BCUT2D eigenvalue weighted by atomic mass is 9.98. The second-order valence-electron chi connectivity index (χ2n) is 8.84. The molecule has 0 unspecified atom stereocenters. The number of nitrogens with zero attached hydrogens (tertiary/aromatic N) is 3. The van der Waals surface area contributed by atoms with E-state index in [1.54, 1.807) is 30.5 Å². The summed E-state index contributed by atoms with van der Waals surface area (Å²) < 4.78 is 5.85. The Labute approximate surface area is 218 Å². The molecule has 0 atom stereocenters. The second kappa shape index (κ2) is 11.2. The van der Waals surface area contributed by atoms with Crippen LogP contribution in [0, 0.1) is 5.92 Å². The number of pyridine rings is 1. The van der Waals surface area contributed by atoms with E-state index in [2.05, 4.69) is 20.2 Å². The Morgan fingerprint density at radius 1 is 1.05 bits per heavy atom. The van der Waals surface area contributed by atoms with Gasteiger partial charge in [0.25, 0.3) is 5.91 Å². The van der Waals surface area contributed by atoms with Gasteiger partial charge >= 0.3 is 5.97 Å². The highest BCUT2D eigenvalue weighted by atomic mass is 32.1. The van der Waals surface area contributed by atoms with E-state index in [9.17, 15) is 9.59 Å². The lowest BCUT2D eigenvalue weighted by Crippen LogP contribution is -2.36. The first-order valence-electron chi connectivity index (χ1n) is 12.0. The molecule has 8 nitrogen and oxygen atoms in total. The smallest absolute Gasteiger partial charge is 0.335 e. The molecule has 1 aliphatic heterocycles. The van der Waals surface area contributed by atoms with Gasteiger partial charge in [0.05, 0.1) is 29.7 Å². The largest absolute Gasteiger partial charge is 0.493 e. The molecule has 3 heterocycles. The van der Waals surface area contributed by atoms with E-state index >= 15 is 0 Å². The predicted molar refractivity (Wildman–Crippen MR) is 144 cm³/mol. The summed E-state index contributed by atoms with van der Waals surface area (Å²) in [6.07, 6.45) is 3.57. The molecule has 0 radical (unpaired) electrons. The molecule has 1 saturated heterocycles. The molecule has 2 aromatic carbocycles. The van der Waals surface area contributed by atoms with Crippen LogP contribution in [0.25, 0.3) is 11.3 Å². The number of carboxylic acids is 1. The van der Waals surface area contributed by atoms with Crippen LogP contribution >= 0.6 is 11.3 Å². The summed E-state index contributed by atoms with van der Waals surface area (Å²) in [6.45, 7) is 2.25. The van der Waals surface area contributed by atoms with Gasteiger partial charge in [-0.25, -0.2) is 14.8 Å². The number of benzene rings is 2. The van der Waals surface area contributed by atoms with Crippen LogP contribution in [-0.2, 0) is 0 Å². The number of carbonyl (C=O) groups excluding carboxylic acids is 1. The van der Waals surface area contributed by atoms with Crippen LogP contribution in [0.3, 0.4) is 0 Å². The van der Waals surface area contributed by atoms with Crippen molar-refractivity contribution in [3.63, 3.8) is 0 Å². The van der Waals surface area contributed by atoms with Crippen molar-refractivity contribution in [1.29, 1.82) is 0 Å². The first-order chi connectivity index (χ1) is 18.0. The van der Waals surface area contributed by atoms with Crippen LogP contribution in [-0.4, -0.2) is 46.6 Å². The summed E-state index contributed by atoms with van der Waals surface area (Å²) in [4.78, 5) is 35.0. The second-order valence-corrected chi connectivity index (χ2v) is 9.70. The summed E-state index contributed by atoms with van der Waals surface area (Å²) >= 11 is 1.31. The van der Waals surface area contributed by atoms with Crippen molar-refractivity contribution < 1.29 is 19.4 Å². The monoisotopic (exact) mass is 514 g/mol. The number of rotatable bonds is 8. The maximum Gasteiger partial charge on any atom is 0.335 e. The summed E-state index contributed by atoms with van der Waals surface area (Å²) in [5.74, 6) is 0.624. The van der Waals surface area contributed by atoms with Crippen molar-refractivity contribution in [3.8, 4) is 17.0 Å². The maximum atomic E-state index is 12.7. The highest BCUT2D eigenvalue weighted by molar-refractivity contribution is 7.12. The van der Waals surface area contributed by atoms with Gasteiger partial charge in [-0.2, -0.15) is 0 Å². The van der Waals surface area contributed by atoms with Crippen LogP contribution in [0.15, 0.2) is 78.3 Å². The number of thiazole rings is 1. The minimum Gasteiger partial charge on any atom is -0.493 e. The van der Waals surface area contributed by atoms with Crippen molar-refractivity contribution in [2.24, 2.45) is 5.92 Å². The fourth-order valence-corrected chi connectivity index (χ4v) is 4.93. The van der Waals surface area contributed by atoms with Gasteiger partial charge in [0.1, 0.15) is 11.6 Å². The zero-order chi connectivity index (χ0) is 25.6. The quantitative estimate of drug-likeness (QED) is 0.322. The Bertz CT molecular complexity index is 1370. The van der Waals surface area contributed by atoms with Crippen LogP contribution in [0.1, 0.15) is 33.0 Å². The van der Waals surface area contributed by atoms with E-state index in [0.29, 0.717) is 29.0 Å². The molecule has 2 aromatic heterocycles. The van der Waals surface area contributed by atoms with Crippen LogP contribution in [0.4, 0.5) is 11.5 Å². The van der Waals surface area contributed by atoms with Crippen LogP contribution in [0.5, 0.6) is 5.75 Å². The van der Waals surface area contributed by atoms with Gasteiger partial charge in [0.15, 0.2) is 5.01 Å². The average Bonchev–Trinajstić information content (AvgIpc) is 3.44. The molecule has 0 saturated carbocycles. The third-order valence-corrected chi connectivity index (χ3v) is 7.12. The number of hydrogen-bond acceptors (Lipinski definition) is 7. The van der Waals surface area contributed by atoms with Crippen molar-refractivity contribution in [2.75, 3.05) is 29.9 Å². The molecular formula is C28H26N4O4S. The van der Waals surface area contributed by atoms with Crippen LogP contribution < -0.4 is 15.0 Å². The first kappa shape index (κ1) is 24.5. The van der Waals surface area contributed by atoms with E-state index in [1.165, 1.54) is 11.3 Å². The molecule has 5 rings (SSSR count). The van der Waals surface area contributed by atoms with E-state index in [-0.39, 0.29) is 11.5 Å². The van der Waals surface area contributed by atoms with Gasteiger partial charge in [0, 0.05) is 24.0 Å². The Morgan fingerprint density at radius 3 is 2.59 bits per heavy atom. The van der Waals surface area contributed by atoms with Crippen molar-refractivity contribution in [2.45, 2.75) is 12.8 Å². The number of anilines is 2. The van der Waals surface area contributed by atoms with E-state index in [1.807, 2.05) is 47.8 Å². The first-order valence-corrected chi connectivity index (χ1v) is 12.9. The van der Waals surface area contributed by atoms with E-state index in [0.717, 1.165) is 43.0 Å². The minimum atomic E-state index is -0.961. The third kappa shape index (κ3) is 6.13. The molecule has 0 bridgehead atoms. The Kier molecular flexibility index (Phi) is 7.41. The SMILES string of the molecule is O=C(O)c1cccc(OCC2CCN(c3ccc(NC(=O)c4nc(-c5ccccc5)cs4)cn3)CC2)c1. The molecule has 2 N–H and O–H groups in total. The summed E-state index contributed by atoms with van der Waals surface area (Å²) in [7, 11) is 0. The number of aromatic carboxylic acids is 1. The molecule has 4 aromatic rings. The van der Waals surface area contributed by atoms with E-state index in [4.69, 9.17) is 9.84 Å². The zero-order valence-corrected chi connectivity index (χ0v) is 20.9. The highest BCUT2D eigenvalue weighted by Crippen LogP contribution is 2.25. The topological polar surface area (TPSA) is 105 Å². The number of carbonyl (C=O) groups is 2. The summed E-state index contributed by atoms with van der Waals surface area (Å²) in [6, 6.07) is 20.1. The molecule has 0 aliphatic carbocycles. The fourth-order valence-electron chi connectivity index (χ4n) is 4.21. The van der Waals surface area contributed by atoms with Crippen molar-refractivity contribution in [1.82, 2.24) is 9.97 Å². The molecule has 1 amide bonds. The molecular weight excluding hydrogens is 488 g/mol. The normalized spacial score (nSPS) is 13.8. The molecule has 1 aliphatic rings. The minimum absolute atomic E-state index is 0.224. The Morgan fingerprint density at radius 2 is 1.86 bits per heavy atom. The fraction of sp³-hybridized carbons (Fsp3) is 0.214. The number of carboxylic acid groups (broad SMARTS) is 1. The molecule has 188 valence electrons. The van der Waals surface area contributed by atoms with Crippen LogP contribution in [0.2, 0.25) is 0 Å². The van der Waals surface area contributed by atoms with Crippen molar-refractivity contribution >= 4 is 34.7 Å². The van der Waals surface area contributed by atoms with Gasteiger partial charge in [-0.15, -0.1) is 11.3 Å². The molecule has 0 spiro atoms. The predicted octanol–water partition coefficient (Wildman–Crippen LogP) is 5.45. The highest BCUT2D eigenvalue weighted by Gasteiger charge is 2.21. The van der Waals surface area contributed by atoms with Gasteiger partial charge in [-0.3, -0.25) is 4.79 Å². The molecule has 9 heteroatoms. The standard InChI is InChI=1S/C28H26N4O4S/c33-26(27-31-24(18-37-27)20-5-2-1-3-6-20)30-22-9-10-25(29-16-22)32-13-11-19(12-14-32)17-36-23-8-4-7-21(15-23)28(34)35/h1-10,15-16,18-19H,11-14,17H2,(H,30,33)(H,34,35). The number of ether oxygens (including phenoxy) is 1. The Hall–Kier alpha value is -4.24. The number of amides is 1.